The minimum atomic E-state index is -1.52. The lowest BCUT2D eigenvalue weighted by Gasteiger charge is -2.20. The number of para-hydroxylation sites is 1. The highest BCUT2D eigenvalue weighted by Crippen LogP contribution is 2.40. The van der Waals surface area contributed by atoms with Gasteiger partial charge in [0.1, 0.15) is 17.1 Å². The number of benzene rings is 2. The van der Waals surface area contributed by atoms with E-state index in [-0.39, 0.29) is 22.1 Å². The summed E-state index contributed by atoms with van der Waals surface area (Å²) in [5.74, 6) is -0.0565. The van der Waals surface area contributed by atoms with Crippen molar-refractivity contribution in [3.8, 4) is 23.0 Å². The number of anilines is 1. The zero-order valence-corrected chi connectivity index (χ0v) is 20.4. The van der Waals surface area contributed by atoms with Crippen LogP contribution in [0.25, 0.3) is 0 Å². The lowest BCUT2D eigenvalue weighted by atomic mass is 10.2. The molecule has 2 aromatic carbocycles. The molecule has 0 bridgehead atoms. The number of azo groups is 1. The molecule has 0 aromatic heterocycles. The molecule has 1 unspecified atom stereocenters. The molecule has 0 spiro atoms. The molecule has 0 fully saturated rings. The predicted octanol–water partition coefficient (Wildman–Crippen LogP) is 5.38. The van der Waals surface area contributed by atoms with Gasteiger partial charge in [0.15, 0.2) is 23.0 Å². The maximum Gasteiger partial charge on any atom is 0.276 e. The molecule has 11 heteroatoms. The van der Waals surface area contributed by atoms with Crippen LogP contribution in [0.3, 0.4) is 0 Å². The van der Waals surface area contributed by atoms with Crippen LogP contribution in [0, 0.1) is 0 Å². The van der Waals surface area contributed by atoms with Gasteiger partial charge in [-0.25, -0.2) is 4.42 Å². The van der Waals surface area contributed by atoms with E-state index in [4.69, 9.17) is 42.3 Å². The highest BCUT2D eigenvalue weighted by Gasteiger charge is 2.31. The van der Waals surface area contributed by atoms with Crippen LogP contribution < -0.4 is 23.4 Å². The van der Waals surface area contributed by atoms with Gasteiger partial charge >= 0.3 is 0 Å². The van der Waals surface area contributed by atoms with Gasteiger partial charge in [0.2, 0.25) is 6.04 Å². The number of Topliss-reactive ketones (excluding diaryl/α,β-unsaturated/α-hetero) is 1. The molecule has 178 valence electrons. The SMILES string of the molecule is CCOc1cc(OCC)c(N=NC(C(C)=O)C(=O)N(Cl)c2cccc(OC)c2OC)cc1Cl. The first kappa shape index (κ1) is 26.2. The Balaban J connectivity index is 2.41. The van der Waals surface area contributed by atoms with Crippen LogP contribution in [0.1, 0.15) is 20.8 Å². The number of rotatable bonds is 11. The van der Waals surface area contributed by atoms with Crippen molar-refractivity contribution in [2.24, 2.45) is 10.2 Å². The Kier molecular flexibility index (Phi) is 9.74. The summed E-state index contributed by atoms with van der Waals surface area (Å²) in [6.45, 7) is 5.58. The molecule has 0 radical (unpaired) electrons. The van der Waals surface area contributed by atoms with Crippen molar-refractivity contribution in [3.05, 3.63) is 35.4 Å². The third kappa shape index (κ3) is 6.27. The second-order valence-electron chi connectivity index (χ2n) is 6.48. The highest BCUT2D eigenvalue weighted by molar-refractivity contribution is 6.39. The largest absolute Gasteiger partial charge is 0.493 e. The maximum atomic E-state index is 13.0. The Labute approximate surface area is 202 Å². The van der Waals surface area contributed by atoms with Gasteiger partial charge in [0, 0.05) is 17.8 Å². The van der Waals surface area contributed by atoms with E-state index in [0.717, 1.165) is 4.42 Å². The number of amides is 1. The fraction of sp³-hybridized carbons (Fsp3) is 0.364. The van der Waals surface area contributed by atoms with Gasteiger partial charge in [-0.3, -0.25) is 9.59 Å². The fourth-order valence-corrected chi connectivity index (χ4v) is 3.25. The third-order valence-electron chi connectivity index (χ3n) is 4.30. The van der Waals surface area contributed by atoms with Gasteiger partial charge in [-0.2, -0.15) is 10.2 Å². The molecular weight excluding hydrogens is 473 g/mol. The summed E-state index contributed by atoms with van der Waals surface area (Å²) >= 11 is 12.5. The van der Waals surface area contributed by atoms with E-state index in [9.17, 15) is 9.59 Å². The average molecular weight is 498 g/mol. The molecule has 33 heavy (non-hydrogen) atoms. The molecule has 1 amide bonds. The number of ether oxygens (including phenoxy) is 4. The van der Waals surface area contributed by atoms with Crippen molar-refractivity contribution in [3.63, 3.8) is 0 Å². The predicted molar refractivity (Wildman–Crippen MR) is 126 cm³/mol. The molecule has 1 atom stereocenters. The van der Waals surface area contributed by atoms with Crippen molar-refractivity contribution >= 4 is 46.4 Å². The number of nitrogens with zero attached hydrogens (tertiary/aromatic N) is 3. The number of methoxy groups -OCH3 is 2. The zero-order chi connectivity index (χ0) is 24.5. The van der Waals surface area contributed by atoms with Crippen molar-refractivity contribution in [1.29, 1.82) is 0 Å². The number of hydrogen-bond donors (Lipinski definition) is 0. The van der Waals surface area contributed by atoms with Crippen LogP contribution in [0.15, 0.2) is 40.6 Å². The molecule has 2 aromatic rings. The second-order valence-corrected chi connectivity index (χ2v) is 7.22. The van der Waals surface area contributed by atoms with Crippen LogP contribution in [0.5, 0.6) is 23.0 Å². The summed E-state index contributed by atoms with van der Waals surface area (Å²) in [4.78, 5) is 25.3. The first-order valence-corrected chi connectivity index (χ1v) is 10.7. The summed E-state index contributed by atoms with van der Waals surface area (Å²) in [5, 5.41) is 8.28. The van der Waals surface area contributed by atoms with Crippen molar-refractivity contribution in [2.45, 2.75) is 26.8 Å². The topological polar surface area (TPSA) is 99.0 Å². The molecule has 0 aliphatic carbocycles. The second kappa shape index (κ2) is 12.3. The number of ketones is 1. The van der Waals surface area contributed by atoms with Crippen LogP contribution in [0.2, 0.25) is 5.02 Å². The number of halogens is 2. The molecule has 0 heterocycles. The summed E-state index contributed by atoms with van der Waals surface area (Å²) in [7, 11) is 2.86. The molecule has 0 N–H and O–H groups in total. The Morgan fingerprint density at radius 3 is 2.27 bits per heavy atom. The quantitative estimate of drug-likeness (QED) is 0.234. The van der Waals surface area contributed by atoms with Crippen LogP contribution in [0.4, 0.5) is 11.4 Å². The van der Waals surface area contributed by atoms with E-state index >= 15 is 0 Å². The standard InChI is InChI=1S/C22H25Cl2N3O6/c1-6-32-18-12-19(33-7-2)15(11-14(18)23)25-26-20(13(3)28)22(29)27(24)16-9-8-10-17(30-4)21(16)31-5/h8-12,20H,6-7H2,1-5H3. The average Bonchev–Trinajstić information content (AvgIpc) is 2.80. The molecule has 0 aliphatic rings. The van der Waals surface area contributed by atoms with E-state index in [1.54, 1.807) is 31.2 Å². The Bertz CT molecular complexity index is 1030. The van der Waals surface area contributed by atoms with E-state index in [1.807, 2.05) is 6.92 Å². The van der Waals surface area contributed by atoms with E-state index in [1.165, 1.54) is 27.2 Å². The van der Waals surface area contributed by atoms with Gasteiger partial charge < -0.3 is 18.9 Å². The first-order valence-electron chi connectivity index (χ1n) is 10.00. The number of carbonyl (C=O) groups is 2. The van der Waals surface area contributed by atoms with Gasteiger partial charge in [-0.1, -0.05) is 17.7 Å². The zero-order valence-electron chi connectivity index (χ0n) is 18.9. The molecular formula is C22H25Cl2N3O6. The number of carbonyl (C=O) groups excluding carboxylic acids is 2. The molecule has 9 nitrogen and oxygen atoms in total. The fourth-order valence-electron chi connectivity index (χ4n) is 2.81. The summed E-state index contributed by atoms with van der Waals surface area (Å²) in [5.41, 5.74) is 0.411. The lowest BCUT2D eigenvalue weighted by Crippen LogP contribution is -2.36. The van der Waals surface area contributed by atoms with Crippen molar-refractivity contribution in [2.75, 3.05) is 31.9 Å². The van der Waals surface area contributed by atoms with Crippen LogP contribution >= 0.6 is 23.4 Å². The third-order valence-corrected chi connectivity index (χ3v) is 4.94. The minimum Gasteiger partial charge on any atom is -0.493 e. The normalized spacial score (nSPS) is 11.7. The smallest absolute Gasteiger partial charge is 0.276 e. The van der Waals surface area contributed by atoms with Gasteiger partial charge in [0.25, 0.3) is 5.91 Å². The minimum absolute atomic E-state index is 0.184. The molecule has 0 saturated carbocycles. The Morgan fingerprint density at radius 2 is 1.70 bits per heavy atom. The maximum absolute atomic E-state index is 13.0. The number of hydrogen-bond acceptors (Lipinski definition) is 8. The summed E-state index contributed by atoms with van der Waals surface area (Å²) < 4.78 is 22.3. The first-order chi connectivity index (χ1) is 15.8. The van der Waals surface area contributed by atoms with Crippen LogP contribution in [-0.2, 0) is 9.59 Å². The van der Waals surface area contributed by atoms with Gasteiger partial charge in [0.05, 0.1) is 32.5 Å². The van der Waals surface area contributed by atoms with E-state index in [0.29, 0.717) is 30.5 Å². The molecule has 0 saturated heterocycles. The van der Waals surface area contributed by atoms with Gasteiger partial charge in [-0.05, 0) is 39.0 Å². The highest BCUT2D eigenvalue weighted by atomic mass is 35.5. The molecule has 0 aliphatic heterocycles. The lowest BCUT2D eigenvalue weighted by molar-refractivity contribution is -0.126. The summed E-state index contributed by atoms with van der Waals surface area (Å²) in [6.07, 6.45) is 0. The Morgan fingerprint density at radius 1 is 1.03 bits per heavy atom. The monoisotopic (exact) mass is 497 g/mol. The molecule has 2 rings (SSSR count). The van der Waals surface area contributed by atoms with Crippen LogP contribution in [-0.4, -0.2) is 45.2 Å². The van der Waals surface area contributed by atoms with E-state index < -0.39 is 17.7 Å². The summed E-state index contributed by atoms with van der Waals surface area (Å²) in [6, 6.07) is 6.35. The van der Waals surface area contributed by atoms with Gasteiger partial charge in [-0.15, -0.1) is 0 Å². The van der Waals surface area contributed by atoms with Crippen molar-refractivity contribution in [1.82, 2.24) is 0 Å². The Hall–Kier alpha value is -3.04. The van der Waals surface area contributed by atoms with Crippen molar-refractivity contribution < 1.29 is 28.5 Å². The van der Waals surface area contributed by atoms with E-state index in [2.05, 4.69) is 10.2 Å².